The number of ether oxygens (including phenoxy) is 1. The number of aliphatic hydroxyl groups is 1. The largest absolute Gasteiger partial charge is 0.396 e. The molecule has 0 saturated heterocycles. The first kappa shape index (κ1) is 12.6. The number of rotatable bonds is 5. The van der Waals surface area contributed by atoms with E-state index in [4.69, 9.17) is 9.84 Å². The summed E-state index contributed by atoms with van der Waals surface area (Å²) >= 11 is 0. The number of aliphatic hydroxyl groups excluding tert-OH is 1. The zero-order chi connectivity index (χ0) is 12.1. The number of hydrogen-bond donors (Lipinski definition) is 2. The van der Waals surface area contributed by atoms with Crippen molar-refractivity contribution in [2.75, 3.05) is 19.8 Å². The van der Waals surface area contributed by atoms with E-state index in [0.29, 0.717) is 6.04 Å². The molecule has 3 heteroatoms. The van der Waals surface area contributed by atoms with Crippen LogP contribution < -0.4 is 5.32 Å². The molecule has 3 nitrogen and oxygen atoms in total. The van der Waals surface area contributed by atoms with Crippen LogP contribution in [0.2, 0.25) is 0 Å². The first-order valence-corrected chi connectivity index (χ1v) is 6.35. The van der Waals surface area contributed by atoms with E-state index in [9.17, 15) is 0 Å². The van der Waals surface area contributed by atoms with Gasteiger partial charge in [-0.3, -0.25) is 0 Å². The molecule has 2 rings (SSSR count). The third-order valence-corrected chi connectivity index (χ3v) is 3.31. The molecule has 2 N–H and O–H groups in total. The van der Waals surface area contributed by atoms with Crippen molar-refractivity contribution in [1.82, 2.24) is 5.32 Å². The number of fused-ring (bicyclic) bond motifs is 1. The number of nitrogens with one attached hydrogen (secondary N) is 1. The molecule has 1 aromatic rings. The van der Waals surface area contributed by atoms with E-state index < -0.39 is 0 Å². The Morgan fingerprint density at radius 2 is 2.29 bits per heavy atom. The molecule has 2 atom stereocenters. The van der Waals surface area contributed by atoms with Gasteiger partial charge in [0.05, 0.1) is 12.7 Å². The molecule has 0 aliphatic carbocycles. The van der Waals surface area contributed by atoms with Gasteiger partial charge in [-0.2, -0.15) is 0 Å². The van der Waals surface area contributed by atoms with Gasteiger partial charge >= 0.3 is 0 Å². The van der Waals surface area contributed by atoms with Gasteiger partial charge in [0.2, 0.25) is 0 Å². The standard InChI is InChI=1S/C14H21NO2/c1-11(6-8-16)15-10-14-13-5-3-2-4-12(13)7-9-17-14/h2-5,11,14-16H,6-10H2,1H3. The molecule has 2 unspecified atom stereocenters. The second kappa shape index (κ2) is 6.15. The Kier molecular flexibility index (Phi) is 4.54. The van der Waals surface area contributed by atoms with Crippen LogP contribution in [0, 0.1) is 0 Å². The highest BCUT2D eigenvalue weighted by Crippen LogP contribution is 2.26. The Hall–Kier alpha value is -0.900. The Morgan fingerprint density at radius 3 is 3.12 bits per heavy atom. The quantitative estimate of drug-likeness (QED) is 0.815. The van der Waals surface area contributed by atoms with Crippen molar-refractivity contribution in [1.29, 1.82) is 0 Å². The summed E-state index contributed by atoms with van der Waals surface area (Å²) < 4.78 is 5.81. The van der Waals surface area contributed by atoms with Crippen LogP contribution in [0.1, 0.15) is 30.6 Å². The van der Waals surface area contributed by atoms with Gasteiger partial charge in [0.1, 0.15) is 0 Å². The third-order valence-electron chi connectivity index (χ3n) is 3.31. The topological polar surface area (TPSA) is 41.5 Å². The van der Waals surface area contributed by atoms with Crippen LogP contribution in [0.5, 0.6) is 0 Å². The Balaban J connectivity index is 1.94. The van der Waals surface area contributed by atoms with Crippen molar-refractivity contribution in [3.05, 3.63) is 35.4 Å². The van der Waals surface area contributed by atoms with E-state index in [2.05, 4.69) is 36.5 Å². The molecule has 94 valence electrons. The molecular weight excluding hydrogens is 214 g/mol. The molecule has 0 saturated carbocycles. The van der Waals surface area contributed by atoms with E-state index in [1.54, 1.807) is 0 Å². The first-order chi connectivity index (χ1) is 8.31. The molecule has 1 aliphatic heterocycles. The lowest BCUT2D eigenvalue weighted by atomic mass is 9.97. The zero-order valence-electron chi connectivity index (χ0n) is 10.4. The Bertz CT molecular complexity index is 354. The predicted molar refractivity (Wildman–Crippen MR) is 68.0 cm³/mol. The third kappa shape index (κ3) is 3.28. The van der Waals surface area contributed by atoms with E-state index in [1.807, 2.05) is 0 Å². The summed E-state index contributed by atoms with van der Waals surface area (Å²) in [6, 6.07) is 8.82. The maximum atomic E-state index is 8.86. The van der Waals surface area contributed by atoms with Gasteiger partial charge in [-0.1, -0.05) is 24.3 Å². The van der Waals surface area contributed by atoms with Crippen molar-refractivity contribution >= 4 is 0 Å². The van der Waals surface area contributed by atoms with Crippen LogP contribution in [0.3, 0.4) is 0 Å². The second-order valence-electron chi connectivity index (χ2n) is 4.63. The summed E-state index contributed by atoms with van der Waals surface area (Å²) in [5.74, 6) is 0. The minimum absolute atomic E-state index is 0.154. The minimum atomic E-state index is 0.154. The Labute approximate surface area is 103 Å². The van der Waals surface area contributed by atoms with E-state index >= 15 is 0 Å². The summed E-state index contributed by atoms with van der Waals surface area (Å²) in [6.45, 7) is 3.94. The lowest BCUT2D eigenvalue weighted by molar-refractivity contribution is 0.0404. The van der Waals surface area contributed by atoms with Gasteiger partial charge in [-0.05, 0) is 30.9 Å². The smallest absolute Gasteiger partial charge is 0.0952 e. The molecular formula is C14H21NO2. The van der Waals surface area contributed by atoms with E-state index in [-0.39, 0.29) is 12.7 Å². The molecule has 0 fully saturated rings. The monoisotopic (exact) mass is 235 g/mol. The second-order valence-corrected chi connectivity index (χ2v) is 4.63. The summed E-state index contributed by atoms with van der Waals surface area (Å²) in [5.41, 5.74) is 2.71. The summed E-state index contributed by atoms with van der Waals surface area (Å²) in [5, 5.41) is 12.3. The Morgan fingerprint density at radius 1 is 1.47 bits per heavy atom. The van der Waals surface area contributed by atoms with Gasteiger partial charge in [-0.25, -0.2) is 0 Å². The van der Waals surface area contributed by atoms with Gasteiger partial charge in [0.15, 0.2) is 0 Å². The fourth-order valence-corrected chi connectivity index (χ4v) is 2.25. The lowest BCUT2D eigenvalue weighted by Crippen LogP contribution is -2.33. The van der Waals surface area contributed by atoms with Gasteiger partial charge in [0, 0.05) is 19.2 Å². The average molecular weight is 235 g/mol. The molecule has 0 aromatic heterocycles. The summed E-state index contributed by atoms with van der Waals surface area (Å²) in [6.07, 6.45) is 1.95. The van der Waals surface area contributed by atoms with Crippen LogP contribution in [-0.2, 0) is 11.2 Å². The maximum absolute atomic E-state index is 8.86. The van der Waals surface area contributed by atoms with E-state index in [1.165, 1.54) is 11.1 Å². The molecule has 1 aromatic carbocycles. The highest BCUT2D eigenvalue weighted by molar-refractivity contribution is 5.31. The normalized spacial score (nSPS) is 20.9. The maximum Gasteiger partial charge on any atom is 0.0952 e. The van der Waals surface area contributed by atoms with Crippen molar-refractivity contribution in [3.63, 3.8) is 0 Å². The zero-order valence-corrected chi connectivity index (χ0v) is 10.4. The van der Waals surface area contributed by atoms with Crippen molar-refractivity contribution in [2.24, 2.45) is 0 Å². The fourth-order valence-electron chi connectivity index (χ4n) is 2.25. The molecule has 1 heterocycles. The molecule has 0 spiro atoms. The summed E-state index contributed by atoms with van der Waals surface area (Å²) in [7, 11) is 0. The molecule has 0 amide bonds. The van der Waals surface area contributed by atoms with E-state index in [0.717, 1.165) is 26.0 Å². The molecule has 0 radical (unpaired) electrons. The summed E-state index contributed by atoms with van der Waals surface area (Å²) in [4.78, 5) is 0. The van der Waals surface area contributed by atoms with Crippen molar-refractivity contribution < 1.29 is 9.84 Å². The van der Waals surface area contributed by atoms with Crippen LogP contribution in [0.4, 0.5) is 0 Å². The SMILES string of the molecule is CC(CCO)NCC1OCCc2ccccc21. The molecule has 17 heavy (non-hydrogen) atoms. The predicted octanol–water partition coefficient (Wildman–Crippen LogP) is 1.66. The van der Waals surface area contributed by atoms with Crippen molar-refractivity contribution in [2.45, 2.75) is 31.9 Å². The lowest BCUT2D eigenvalue weighted by Gasteiger charge is -2.27. The first-order valence-electron chi connectivity index (χ1n) is 6.35. The number of benzene rings is 1. The minimum Gasteiger partial charge on any atom is -0.396 e. The van der Waals surface area contributed by atoms with Crippen LogP contribution >= 0.6 is 0 Å². The molecule has 0 bridgehead atoms. The fraction of sp³-hybridized carbons (Fsp3) is 0.571. The highest BCUT2D eigenvalue weighted by atomic mass is 16.5. The van der Waals surface area contributed by atoms with Gasteiger partial charge in [0.25, 0.3) is 0 Å². The van der Waals surface area contributed by atoms with Crippen LogP contribution in [0.15, 0.2) is 24.3 Å². The van der Waals surface area contributed by atoms with Gasteiger partial charge in [-0.15, -0.1) is 0 Å². The van der Waals surface area contributed by atoms with Gasteiger partial charge < -0.3 is 15.2 Å². The van der Waals surface area contributed by atoms with Crippen LogP contribution in [0.25, 0.3) is 0 Å². The van der Waals surface area contributed by atoms with Crippen LogP contribution in [-0.4, -0.2) is 30.9 Å². The highest BCUT2D eigenvalue weighted by Gasteiger charge is 2.20. The average Bonchev–Trinajstić information content (AvgIpc) is 2.36. The van der Waals surface area contributed by atoms with Crippen molar-refractivity contribution in [3.8, 4) is 0 Å². The molecule has 1 aliphatic rings. The number of hydrogen-bond acceptors (Lipinski definition) is 3.